The third-order valence-corrected chi connectivity index (χ3v) is 14.7. The van der Waals surface area contributed by atoms with Gasteiger partial charge in [0.25, 0.3) is 0 Å². The van der Waals surface area contributed by atoms with Gasteiger partial charge in [-0.05, 0) is 107 Å². The topological polar surface area (TPSA) is 110 Å². The molecule has 15 heteroatoms. The van der Waals surface area contributed by atoms with E-state index >= 15 is 0 Å². The Kier molecular flexibility index (Phi) is 22.4. The van der Waals surface area contributed by atoms with E-state index in [-0.39, 0.29) is 56.1 Å². The fourth-order valence-electron chi connectivity index (χ4n) is 9.02. The molecule has 0 saturated heterocycles. The summed E-state index contributed by atoms with van der Waals surface area (Å²) in [6, 6.07) is 73.3. The Morgan fingerprint density at radius 3 is 1.16 bits per heavy atom. The molecule has 0 radical (unpaired) electrons. The van der Waals surface area contributed by atoms with Gasteiger partial charge in [0.2, 0.25) is 0 Å². The molecule has 14 aromatic rings. The van der Waals surface area contributed by atoms with E-state index in [2.05, 4.69) is 193 Å². The van der Waals surface area contributed by atoms with Crippen LogP contribution in [-0.4, -0.2) is 35.4 Å². The van der Waals surface area contributed by atoms with Crippen molar-refractivity contribution < 1.29 is 74.9 Å². The Morgan fingerprint density at radius 1 is 0.468 bits per heavy atom. The number of benzene rings is 8. The van der Waals surface area contributed by atoms with Crippen LogP contribution in [-0.2, 0) is 52.5 Å². The maximum atomic E-state index is 4.98. The van der Waals surface area contributed by atoms with Crippen LogP contribution >= 0.6 is 44.3 Å². The molecule has 0 amide bonds. The van der Waals surface area contributed by atoms with Crippen LogP contribution in [0.4, 0.5) is 0 Å². The van der Waals surface area contributed by atoms with Crippen LogP contribution < -0.4 is 29.6 Å². The molecule has 2 N–H and O–H groups in total. The number of aryl methyl sites for hydroxylation is 2. The molecule has 0 atom stereocenters. The molecule has 0 fully saturated rings. The van der Waals surface area contributed by atoms with Crippen LogP contribution in [0, 0.1) is 29.9 Å². The summed E-state index contributed by atoms with van der Waals surface area (Å²) in [5, 5.41) is 9.28. The van der Waals surface area contributed by atoms with Gasteiger partial charge in [0.1, 0.15) is 0 Å². The number of H-pyrrole nitrogens is 1. The SMILES string of the molecule is Cc1cc(-c2nccc3ccccc23)[c-]c(-c2nccc3ccccc23)c1.Cc1cc(-c2nccc3ccccc23)[c-]c(-c2nccc3ccccc23)c1.S=c1[nH]c2ccccc2s1.[Cl][Pt+].[Na+].[OH-].[Pt+2].[S-]c1nc2ccccc2s1. The average molecular weight is 1490 g/mol. The van der Waals surface area contributed by atoms with Crippen LogP contribution in [0.5, 0.6) is 0 Å². The van der Waals surface area contributed by atoms with Crippen molar-refractivity contribution in [3.05, 3.63) is 246 Å². The number of aromatic amines is 1. The molecule has 388 valence electrons. The largest absolute Gasteiger partial charge is 2.00 e. The summed E-state index contributed by atoms with van der Waals surface area (Å²) in [6.45, 7) is 4.22. The number of fused-ring (bicyclic) bond motifs is 6. The fraction of sp³-hybridized carbons (Fsp3) is 0.0312. The van der Waals surface area contributed by atoms with E-state index in [9.17, 15) is 0 Å². The predicted molar refractivity (Wildman–Crippen MR) is 323 cm³/mol. The maximum absolute atomic E-state index is 4.98. The standard InChI is InChI=1S/2C25H17N2.2C7H5NS2.ClH.Na.H2O.2Pt/c2*1-17-14-20(24-22-8-4-2-6-18(22)10-12-26-24)16-21(15-17)25-23-9-5-3-7-19(23)11-13-27-25;2*9-7-8-5-3-1-2-4-6(5)10-7;;;;;/h2*2-15H,1H3;2*1-4H,(H,8,9);1H;;1H2;;/q2*-1;;;;+1;;2*+2/p-3. The zero-order chi connectivity index (χ0) is 52.4. The summed E-state index contributed by atoms with van der Waals surface area (Å²) in [4.78, 5) is 25.9. The first-order valence-electron chi connectivity index (χ1n) is 24.0. The van der Waals surface area contributed by atoms with Gasteiger partial charge in [-0.1, -0.05) is 163 Å². The van der Waals surface area contributed by atoms with E-state index in [1.54, 1.807) is 41.4 Å². The second-order valence-corrected chi connectivity index (χ2v) is 20.8. The summed E-state index contributed by atoms with van der Waals surface area (Å²) in [6.07, 6.45) is 7.46. The first kappa shape index (κ1) is 60.9. The van der Waals surface area contributed by atoms with Gasteiger partial charge < -0.3 is 34.4 Å². The molecule has 6 heterocycles. The van der Waals surface area contributed by atoms with Gasteiger partial charge in [-0.15, -0.1) is 58.9 Å². The molecule has 8 aromatic carbocycles. The van der Waals surface area contributed by atoms with Gasteiger partial charge in [-0.3, -0.25) is 24.9 Å². The third kappa shape index (κ3) is 14.6. The Balaban J connectivity index is 0.000000162. The zero-order valence-corrected chi connectivity index (χ0v) is 53.2. The first-order chi connectivity index (χ1) is 37.3. The van der Waals surface area contributed by atoms with Crippen molar-refractivity contribution in [1.82, 2.24) is 29.9 Å². The Bertz CT molecular complexity index is 3920. The second kappa shape index (κ2) is 29.1. The van der Waals surface area contributed by atoms with E-state index in [0.29, 0.717) is 0 Å². The Morgan fingerprint density at radius 2 is 0.797 bits per heavy atom. The van der Waals surface area contributed by atoms with Crippen LogP contribution in [0.15, 0.2) is 223 Å². The molecule has 79 heavy (non-hydrogen) atoms. The average Bonchev–Trinajstić information content (AvgIpc) is 4.08. The quantitative estimate of drug-likeness (QED) is 0.0803. The summed E-state index contributed by atoms with van der Waals surface area (Å²) in [7, 11) is 4.61. The molecule has 7 nitrogen and oxygen atoms in total. The third-order valence-electron chi connectivity index (χ3n) is 12.3. The molecular weight excluding hydrogens is 1450 g/mol. The van der Waals surface area contributed by atoms with E-state index < -0.39 is 0 Å². The van der Waals surface area contributed by atoms with Crippen molar-refractivity contribution in [1.29, 1.82) is 0 Å². The monoisotopic (exact) mass is 1490 g/mol. The van der Waals surface area contributed by atoms with Gasteiger partial charge in [-0.2, -0.15) is 0 Å². The van der Waals surface area contributed by atoms with Gasteiger partial charge in [-0.25, -0.2) is 0 Å². The fourth-order valence-corrected chi connectivity index (χ4v) is 11.2. The molecule has 0 aliphatic rings. The number of halogens is 1. The number of thiazole rings is 2. The van der Waals surface area contributed by atoms with Crippen molar-refractivity contribution in [2.45, 2.75) is 18.2 Å². The van der Waals surface area contributed by atoms with Crippen LogP contribution in [0.3, 0.4) is 0 Å². The number of nitrogens with one attached hydrogen (secondary N) is 1. The summed E-state index contributed by atoms with van der Waals surface area (Å²) < 4.78 is 3.97. The number of rotatable bonds is 4. The minimum absolute atomic E-state index is 0. The number of hydrogen-bond acceptors (Lipinski definition) is 10. The normalized spacial score (nSPS) is 10.3. The number of para-hydroxylation sites is 2. The van der Waals surface area contributed by atoms with E-state index in [1.165, 1.54) is 42.1 Å². The van der Waals surface area contributed by atoms with Crippen molar-refractivity contribution in [3.8, 4) is 45.0 Å². The molecule has 0 unspecified atom stereocenters. The summed E-state index contributed by atoms with van der Waals surface area (Å²) in [5.74, 6) is 0. The predicted octanol–water partition coefficient (Wildman–Crippen LogP) is 15.1. The van der Waals surface area contributed by atoms with E-state index in [4.69, 9.17) is 24.8 Å². The van der Waals surface area contributed by atoms with Crippen molar-refractivity contribution >= 4 is 120 Å². The Hall–Kier alpha value is -5.75. The molecule has 0 aliphatic heterocycles. The Labute approximate surface area is 528 Å². The van der Waals surface area contributed by atoms with Gasteiger partial charge in [0.15, 0.2) is 3.95 Å². The smallest absolute Gasteiger partial charge is 0.870 e. The van der Waals surface area contributed by atoms with E-state index in [0.717, 1.165) is 85.9 Å². The van der Waals surface area contributed by atoms with Crippen LogP contribution in [0.2, 0.25) is 0 Å². The van der Waals surface area contributed by atoms with Crippen LogP contribution in [0.25, 0.3) is 109 Å². The van der Waals surface area contributed by atoms with Gasteiger partial charge in [0.05, 0.1) is 15.7 Å². The molecule has 0 aliphatic carbocycles. The second-order valence-electron chi connectivity index (χ2n) is 17.5. The number of aromatic nitrogens is 6. The van der Waals surface area contributed by atoms with Crippen molar-refractivity contribution in [2.75, 3.05) is 0 Å². The molecule has 0 spiro atoms. The molecule has 14 rings (SSSR count). The minimum Gasteiger partial charge on any atom is -0.870 e. The van der Waals surface area contributed by atoms with Crippen molar-refractivity contribution in [3.63, 3.8) is 0 Å². The number of pyridine rings is 4. The summed E-state index contributed by atoms with van der Waals surface area (Å²) >= 11 is 14.7. The maximum Gasteiger partial charge on any atom is 2.00 e. The number of hydrogen-bond donors (Lipinski definition) is 1. The molecule has 0 saturated carbocycles. The zero-order valence-electron chi connectivity index (χ0n) is 42.6. The summed E-state index contributed by atoms with van der Waals surface area (Å²) in [5.41, 5.74) is 12.3. The molecule has 6 aromatic heterocycles. The number of nitrogens with zero attached hydrogens (tertiary/aromatic N) is 5. The minimum atomic E-state index is 0. The molecule has 0 bridgehead atoms. The van der Waals surface area contributed by atoms with Gasteiger partial charge >= 0.3 is 78.8 Å². The molecular formula is C64H44ClN6NaOPt2S4. The first-order valence-corrected chi connectivity index (χ1v) is 29.2. The van der Waals surface area contributed by atoms with E-state index in [1.807, 2.05) is 91.5 Å². The van der Waals surface area contributed by atoms with Crippen molar-refractivity contribution in [2.24, 2.45) is 0 Å². The van der Waals surface area contributed by atoms with Gasteiger partial charge in [0, 0.05) is 47.6 Å². The van der Waals surface area contributed by atoms with Crippen LogP contribution in [0.1, 0.15) is 11.1 Å².